The first-order chi connectivity index (χ1) is 10.4. The van der Waals surface area contributed by atoms with Crippen LogP contribution in [0, 0.1) is 6.92 Å². The molecule has 2 heterocycles. The van der Waals surface area contributed by atoms with Crippen molar-refractivity contribution >= 4 is 46.3 Å². The summed E-state index contributed by atoms with van der Waals surface area (Å²) in [6, 6.07) is 2.65. The van der Waals surface area contributed by atoms with Gasteiger partial charge in [-0.25, -0.2) is 4.79 Å². The molecular weight excluding hydrogens is 322 g/mol. The van der Waals surface area contributed by atoms with Crippen LogP contribution in [0.5, 0.6) is 0 Å². The molecule has 0 aromatic carbocycles. The van der Waals surface area contributed by atoms with Gasteiger partial charge in [-0.2, -0.15) is 0 Å². The molecule has 2 rings (SSSR count). The highest BCUT2D eigenvalue weighted by Gasteiger charge is 2.40. The number of carbonyl (C=O) groups is 2. The first kappa shape index (κ1) is 16.8. The van der Waals surface area contributed by atoms with E-state index in [1.165, 1.54) is 4.90 Å². The molecule has 1 unspecified atom stereocenters. The first-order valence-electron chi connectivity index (χ1n) is 7.00. The number of carbonyl (C=O) groups excluding carboxylic acids is 1. The maximum Gasteiger partial charge on any atom is 0.326 e. The number of hydrogen-bond donors (Lipinski definition) is 1. The Morgan fingerprint density at radius 2 is 2.27 bits per heavy atom. The molecule has 1 aliphatic rings. The Hall–Kier alpha value is -1.60. The maximum atomic E-state index is 12.5. The van der Waals surface area contributed by atoms with E-state index in [0.717, 1.165) is 30.4 Å². The lowest BCUT2D eigenvalue weighted by molar-refractivity contribution is -0.145. The predicted molar refractivity (Wildman–Crippen MR) is 89.4 cm³/mol. The summed E-state index contributed by atoms with van der Waals surface area (Å²) in [4.78, 5) is 25.5. The van der Waals surface area contributed by atoms with Crippen LogP contribution in [0.15, 0.2) is 21.5 Å². The highest BCUT2D eigenvalue weighted by atomic mass is 32.2. The molecule has 118 valence electrons. The lowest BCUT2D eigenvalue weighted by Crippen LogP contribution is -2.43. The molecular formula is C15H17NO4S2. The molecule has 0 bridgehead atoms. The Morgan fingerprint density at radius 3 is 2.82 bits per heavy atom. The van der Waals surface area contributed by atoms with Gasteiger partial charge in [-0.1, -0.05) is 43.7 Å². The van der Waals surface area contributed by atoms with Crippen LogP contribution in [0.1, 0.15) is 37.7 Å². The molecule has 7 heteroatoms. The van der Waals surface area contributed by atoms with E-state index in [1.54, 1.807) is 18.2 Å². The Labute approximate surface area is 138 Å². The average Bonchev–Trinajstić information content (AvgIpc) is 2.97. The number of amides is 1. The Kier molecular flexibility index (Phi) is 5.42. The SMILES string of the molecule is CCCCC(C(=O)O)N1C(=O)/C(=C\c2ccc(C)o2)SC1=S. The third-order valence-electron chi connectivity index (χ3n) is 3.29. The Balaban J connectivity index is 2.23. The molecule has 5 nitrogen and oxygen atoms in total. The number of aryl methyl sites for hydroxylation is 1. The van der Waals surface area contributed by atoms with E-state index < -0.39 is 12.0 Å². The van der Waals surface area contributed by atoms with Crippen LogP contribution < -0.4 is 0 Å². The maximum absolute atomic E-state index is 12.5. The number of thioether (sulfide) groups is 1. The second-order valence-corrected chi connectivity index (χ2v) is 6.67. The number of carboxylic acids is 1. The zero-order chi connectivity index (χ0) is 16.3. The zero-order valence-electron chi connectivity index (χ0n) is 12.4. The van der Waals surface area contributed by atoms with E-state index in [2.05, 4.69) is 0 Å². The summed E-state index contributed by atoms with van der Waals surface area (Å²) in [5.74, 6) is -0.0982. The third-order valence-corrected chi connectivity index (χ3v) is 4.62. The number of nitrogens with zero attached hydrogens (tertiary/aromatic N) is 1. The molecule has 0 radical (unpaired) electrons. The van der Waals surface area contributed by atoms with Crippen molar-refractivity contribution in [1.82, 2.24) is 4.90 Å². The van der Waals surface area contributed by atoms with Gasteiger partial charge in [-0.05, 0) is 25.5 Å². The second kappa shape index (κ2) is 7.11. The van der Waals surface area contributed by atoms with Gasteiger partial charge in [0, 0.05) is 6.08 Å². The van der Waals surface area contributed by atoms with Crippen LogP contribution in [0.3, 0.4) is 0 Å². The van der Waals surface area contributed by atoms with E-state index in [-0.39, 0.29) is 10.2 Å². The largest absolute Gasteiger partial charge is 0.480 e. The molecule has 1 aromatic rings. The van der Waals surface area contributed by atoms with Crippen molar-refractivity contribution in [2.24, 2.45) is 0 Å². The van der Waals surface area contributed by atoms with Gasteiger partial charge in [-0.3, -0.25) is 9.69 Å². The molecule has 1 aliphatic heterocycles. The van der Waals surface area contributed by atoms with Crippen molar-refractivity contribution in [3.05, 3.63) is 28.6 Å². The summed E-state index contributed by atoms with van der Waals surface area (Å²) >= 11 is 6.31. The summed E-state index contributed by atoms with van der Waals surface area (Å²) in [6.45, 7) is 3.79. The number of carboxylic acid groups (broad SMARTS) is 1. The van der Waals surface area contributed by atoms with Gasteiger partial charge in [0.25, 0.3) is 5.91 Å². The van der Waals surface area contributed by atoms with Crippen LogP contribution in [-0.2, 0) is 9.59 Å². The quantitative estimate of drug-likeness (QED) is 0.632. The topological polar surface area (TPSA) is 70.8 Å². The monoisotopic (exact) mass is 339 g/mol. The number of rotatable bonds is 6. The summed E-state index contributed by atoms with van der Waals surface area (Å²) in [7, 11) is 0. The van der Waals surface area contributed by atoms with Crippen molar-refractivity contribution in [3.8, 4) is 0 Å². The van der Waals surface area contributed by atoms with Crippen LogP contribution in [0.25, 0.3) is 6.08 Å². The highest BCUT2D eigenvalue weighted by Crippen LogP contribution is 2.35. The van der Waals surface area contributed by atoms with Crippen molar-refractivity contribution in [1.29, 1.82) is 0 Å². The Bertz CT molecular complexity index is 635. The second-order valence-electron chi connectivity index (χ2n) is 5.00. The number of thiocarbonyl (C=S) groups is 1. The van der Waals surface area contributed by atoms with E-state index in [9.17, 15) is 14.7 Å². The minimum Gasteiger partial charge on any atom is -0.480 e. The van der Waals surface area contributed by atoms with E-state index in [0.29, 0.717) is 17.1 Å². The fourth-order valence-corrected chi connectivity index (χ4v) is 3.51. The molecule has 1 aromatic heterocycles. The highest BCUT2D eigenvalue weighted by molar-refractivity contribution is 8.26. The van der Waals surface area contributed by atoms with Crippen molar-refractivity contribution in [2.75, 3.05) is 0 Å². The van der Waals surface area contributed by atoms with Gasteiger partial charge in [0.2, 0.25) is 0 Å². The molecule has 0 aliphatic carbocycles. The number of hydrogen-bond acceptors (Lipinski definition) is 5. The molecule has 1 saturated heterocycles. The van der Waals surface area contributed by atoms with Crippen LogP contribution >= 0.6 is 24.0 Å². The fourth-order valence-electron chi connectivity index (χ4n) is 2.17. The van der Waals surface area contributed by atoms with Gasteiger partial charge in [0.05, 0.1) is 4.91 Å². The summed E-state index contributed by atoms with van der Waals surface area (Å²) < 4.78 is 5.70. The minimum atomic E-state index is -1.03. The smallest absolute Gasteiger partial charge is 0.326 e. The van der Waals surface area contributed by atoms with Crippen LogP contribution in [0.4, 0.5) is 0 Å². The first-order valence-corrected chi connectivity index (χ1v) is 8.22. The van der Waals surface area contributed by atoms with Gasteiger partial charge >= 0.3 is 5.97 Å². The summed E-state index contributed by atoms with van der Waals surface area (Å²) in [6.07, 6.45) is 3.58. The third kappa shape index (κ3) is 3.59. The van der Waals surface area contributed by atoms with Gasteiger partial charge < -0.3 is 9.52 Å². The molecule has 22 heavy (non-hydrogen) atoms. The number of unbranched alkanes of at least 4 members (excludes halogenated alkanes) is 1. The minimum absolute atomic E-state index is 0.281. The molecule has 0 saturated carbocycles. The summed E-state index contributed by atoms with van der Waals surface area (Å²) in [5.41, 5.74) is 0. The van der Waals surface area contributed by atoms with Gasteiger partial charge in [0.1, 0.15) is 21.9 Å². The molecule has 1 atom stereocenters. The van der Waals surface area contributed by atoms with Gasteiger partial charge in [-0.15, -0.1) is 0 Å². The van der Waals surface area contributed by atoms with E-state index in [1.807, 2.05) is 13.8 Å². The average molecular weight is 339 g/mol. The predicted octanol–water partition coefficient (Wildman–Crippen LogP) is 3.43. The van der Waals surface area contributed by atoms with Crippen LogP contribution in [-0.4, -0.2) is 32.2 Å². The molecule has 1 fully saturated rings. The van der Waals surface area contributed by atoms with Gasteiger partial charge in [0.15, 0.2) is 0 Å². The molecule has 0 spiro atoms. The molecule has 1 N–H and O–H groups in total. The van der Waals surface area contributed by atoms with E-state index >= 15 is 0 Å². The standard InChI is InChI=1S/C15H17NO4S2/c1-3-4-5-11(14(18)19)16-13(17)12(22-15(16)21)8-10-7-6-9(2)20-10/h6-8,11H,3-5H2,1-2H3,(H,18,19)/b12-8+. The fraction of sp³-hybridized carbons (Fsp3) is 0.400. The van der Waals surface area contributed by atoms with E-state index in [4.69, 9.17) is 16.6 Å². The Morgan fingerprint density at radius 1 is 1.55 bits per heavy atom. The summed E-state index contributed by atoms with van der Waals surface area (Å²) in [5, 5.41) is 9.37. The molecule has 1 amide bonds. The van der Waals surface area contributed by atoms with Crippen molar-refractivity contribution < 1.29 is 19.1 Å². The van der Waals surface area contributed by atoms with Crippen LogP contribution in [0.2, 0.25) is 0 Å². The number of furan rings is 1. The lowest BCUT2D eigenvalue weighted by atomic mass is 10.1. The normalized spacial score (nSPS) is 18.3. The zero-order valence-corrected chi connectivity index (χ0v) is 14.0. The number of aliphatic carboxylic acids is 1. The van der Waals surface area contributed by atoms with Crippen molar-refractivity contribution in [2.45, 2.75) is 39.2 Å². The lowest BCUT2D eigenvalue weighted by Gasteiger charge is -2.22. The van der Waals surface area contributed by atoms with Crippen molar-refractivity contribution in [3.63, 3.8) is 0 Å².